The molecule has 0 saturated carbocycles. The van der Waals surface area contributed by atoms with Crippen LogP contribution >= 0.6 is 0 Å². The van der Waals surface area contributed by atoms with Gasteiger partial charge in [-0.25, -0.2) is 0 Å². The fourth-order valence-electron chi connectivity index (χ4n) is 2.07. The van der Waals surface area contributed by atoms with Gasteiger partial charge in [-0.2, -0.15) is 0 Å². The van der Waals surface area contributed by atoms with Crippen molar-refractivity contribution in [1.29, 1.82) is 0 Å². The topological polar surface area (TPSA) is 0 Å². The van der Waals surface area contributed by atoms with Gasteiger partial charge in [0.2, 0.25) is 0 Å². The van der Waals surface area contributed by atoms with Gasteiger partial charge in [0.25, 0.3) is 0 Å². The zero-order chi connectivity index (χ0) is 12.2. The van der Waals surface area contributed by atoms with E-state index in [0.717, 1.165) is 5.56 Å². The highest BCUT2D eigenvalue weighted by Gasteiger charge is 1.96. The van der Waals surface area contributed by atoms with Gasteiger partial charge in [0, 0.05) is 0 Å². The van der Waals surface area contributed by atoms with Gasteiger partial charge in [0.05, 0.1) is 0 Å². The molecule has 3 aromatic rings. The van der Waals surface area contributed by atoms with Crippen LogP contribution in [0, 0.1) is 6.08 Å². The van der Waals surface area contributed by atoms with Crippen molar-refractivity contribution in [3.05, 3.63) is 90.0 Å². The van der Waals surface area contributed by atoms with Crippen LogP contribution in [0.4, 0.5) is 0 Å². The molecule has 0 atom stereocenters. The number of benzene rings is 3. The molecule has 0 bridgehead atoms. The Morgan fingerprint density at radius 1 is 0.667 bits per heavy atom. The van der Waals surface area contributed by atoms with E-state index in [-0.39, 0.29) is 0 Å². The average molecular weight is 229 g/mol. The third-order valence-corrected chi connectivity index (χ3v) is 2.99. The van der Waals surface area contributed by atoms with Gasteiger partial charge in [-0.3, -0.25) is 0 Å². The maximum absolute atomic E-state index is 3.33. The Kier molecular flexibility index (Phi) is 2.93. The summed E-state index contributed by atoms with van der Waals surface area (Å²) in [5, 5.41) is 2.53. The van der Waals surface area contributed by atoms with Gasteiger partial charge < -0.3 is 0 Å². The molecule has 0 heteroatoms. The zero-order valence-electron chi connectivity index (χ0n) is 10.0. The van der Waals surface area contributed by atoms with Crippen LogP contribution in [-0.2, 0) is 0 Å². The average Bonchev–Trinajstić information content (AvgIpc) is 2.46. The first-order valence-electron chi connectivity index (χ1n) is 6.06. The maximum Gasteiger partial charge on any atom is -0.00990 e. The monoisotopic (exact) mass is 229 g/mol. The molecule has 18 heavy (non-hydrogen) atoms. The van der Waals surface area contributed by atoms with E-state index in [1.165, 1.54) is 16.3 Å². The molecule has 0 heterocycles. The van der Waals surface area contributed by atoms with Gasteiger partial charge in [-0.1, -0.05) is 72.8 Å². The molecule has 0 amide bonds. The Balaban J connectivity index is 2.03. The SMILES string of the molecule is [C](=C\c1cccc2ccccc12)/c1ccccc1. The lowest BCUT2D eigenvalue weighted by Gasteiger charge is -2.01. The van der Waals surface area contributed by atoms with E-state index in [9.17, 15) is 0 Å². The molecule has 0 saturated heterocycles. The van der Waals surface area contributed by atoms with Crippen molar-refractivity contribution in [1.82, 2.24) is 0 Å². The molecular formula is C18H13. The minimum atomic E-state index is 1.10. The molecule has 0 aliphatic rings. The minimum absolute atomic E-state index is 1.10. The summed E-state index contributed by atoms with van der Waals surface area (Å²) >= 11 is 0. The van der Waals surface area contributed by atoms with Crippen LogP contribution in [0.5, 0.6) is 0 Å². The van der Waals surface area contributed by atoms with Crippen LogP contribution in [0.2, 0.25) is 0 Å². The van der Waals surface area contributed by atoms with E-state index in [1.807, 2.05) is 18.2 Å². The third kappa shape index (κ3) is 2.18. The largest absolute Gasteiger partial charge is 0.0622 e. The molecule has 0 nitrogen and oxygen atoms in total. The number of rotatable bonds is 2. The number of hydrogen-bond donors (Lipinski definition) is 0. The molecule has 85 valence electrons. The molecule has 0 fully saturated rings. The molecule has 3 rings (SSSR count). The molecule has 0 aliphatic heterocycles. The Labute approximate surface area is 107 Å². The predicted octanol–water partition coefficient (Wildman–Crippen LogP) is 4.70. The maximum atomic E-state index is 3.33. The van der Waals surface area contributed by atoms with Crippen molar-refractivity contribution in [2.24, 2.45) is 0 Å². The third-order valence-electron chi connectivity index (χ3n) is 2.99. The Morgan fingerprint density at radius 3 is 2.28 bits per heavy atom. The Hall–Kier alpha value is -2.34. The standard InChI is InChI=1S/C18H13/c1-2-7-15(8-3-1)13-14-17-11-6-10-16-9-4-5-12-18(16)17/h1-12,14H. The highest BCUT2D eigenvalue weighted by atomic mass is 14.0. The summed E-state index contributed by atoms with van der Waals surface area (Å²) in [4.78, 5) is 0. The lowest BCUT2D eigenvalue weighted by molar-refractivity contribution is 1.58. The summed E-state index contributed by atoms with van der Waals surface area (Å²) in [5.74, 6) is 0. The minimum Gasteiger partial charge on any atom is -0.0622 e. The van der Waals surface area contributed by atoms with Crippen LogP contribution in [0.25, 0.3) is 16.8 Å². The van der Waals surface area contributed by atoms with Crippen LogP contribution in [0.3, 0.4) is 0 Å². The summed E-state index contributed by atoms with van der Waals surface area (Å²) in [5.41, 5.74) is 2.31. The number of hydrogen-bond acceptors (Lipinski definition) is 0. The second-order valence-electron chi connectivity index (χ2n) is 4.22. The highest BCUT2D eigenvalue weighted by Crippen LogP contribution is 2.19. The first-order chi connectivity index (χ1) is 8.93. The van der Waals surface area contributed by atoms with Crippen molar-refractivity contribution in [3.63, 3.8) is 0 Å². The fourth-order valence-corrected chi connectivity index (χ4v) is 2.07. The second-order valence-corrected chi connectivity index (χ2v) is 4.22. The van der Waals surface area contributed by atoms with E-state index in [1.54, 1.807) is 0 Å². The Morgan fingerprint density at radius 2 is 1.39 bits per heavy atom. The molecule has 3 aromatic carbocycles. The zero-order valence-corrected chi connectivity index (χ0v) is 10.0. The summed E-state index contributed by atoms with van der Waals surface area (Å²) in [6, 6.07) is 24.9. The van der Waals surface area contributed by atoms with Gasteiger partial charge in [0.15, 0.2) is 0 Å². The lowest BCUT2D eigenvalue weighted by atomic mass is 10.0. The van der Waals surface area contributed by atoms with Gasteiger partial charge in [-0.15, -0.1) is 0 Å². The Bertz CT molecular complexity index is 673. The van der Waals surface area contributed by atoms with Crippen LogP contribution in [-0.4, -0.2) is 0 Å². The van der Waals surface area contributed by atoms with Gasteiger partial charge in [-0.05, 0) is 34.1 Å². The van der Waals surface area contributed by atoms with Crippen molar-refractivity contribution in [3.8, 4) is 0 Å². The normalized spacial score (nSPS) is 11.1. The van der Waals surface area contributed by atoms with Crippen LogP contribution in [0.1, 0.15) is 11.1 Å². The molecule has 0 N–H and O–H groups in total. The van der Waals surface area contributed by atoms with Crippen molar-refractivity contribution in [2.45, 2.75) is 0 Å². The predicted molar refractivity (Wildman–Crippen MR) is 77.2 cm³/mol. The van der Waals surface area contributed by atoms with Gasteiger partial charge in [0.1, 0.15) is 0 Å². The molecule has 0 unspecified atom stereocenters. The summed E-state index contributed by atoms with van der Waals surface area (Å²) < 4.78 is 0. The summed E-state index contributed by atoms with van der Waals surface area (Å²) in [6.45, 7) is 0. The van der Waals surface area contributed by atoms with E-state index < -0.39 is 0 Å². The highest BCUT2D eigenvalue weighted by molar-refractivity contribution is 5.90. The summed E-state index contributed by atoms with van der Waals surface area (Å²) in [6.07, 6.45) is 5.38. The molecular weight excluding hydrogens is 216 g/mol. The smallest absolute Gasteiger partial charge is 0.00990 e. The van der Waals surface area contributed by atoms with Crippen LogP contribution in [0.15, 0.2) is 72.8 Å². The van der Waals surface area contributed by atoms with E-state index in [0.29, 0.717) is 0 Å². The van der Waals surface area contributed by atoms with E-state index >= 15 is 0 Å². The first kappa shape index (κ1) is 10.8. The quantitative estimate of drug-likeness (QED) is 0.558. The second kappa shape index (κ2) is 4.89. The summed E-state index contributed by atoms with van der Waals surface area (Å²) in [7, 11) is 0. The van der Waals surface area contributed by atoms with Gasteiger partial charge >= 0.3 is 0 Å². The van der Waals surface area contributed by atoms with E-state index in [4.69, 9.17) is 0 Å². The van der Waals surface area contributed by atoms with E-state index in [2.05, 4.69) is 66.7 Å². The molecule has 0 aliphatic carbocycles. The molecule has 0 aromatic heterocycles. The number of fused-ring (bicyclic) bond motifs is 1. The van der Waals surface area contributed by atoms with Crippen molar-refractivity contribution >= 4 is 16.8 Å². The van der Waals surface area contributed by atoms with Crippen molar-refractivity contribution in [2.75, 3.05) is 0 Å². The van der Waals surface area contributed by atoms with Crippen LogP contribution < -0.4 is 0 Å². The first-order valence-corrected chi connectivity index (χ1v) is 6.06. The molecule has 0 spiro atoms. The molecule has 1 radical (unpaired) electrons. The van der Waals surface area contributed by atoms with Crippen molar-refractivity contribution < 1.29 is 0 Å². The lowest BCUT2D eigenvalue weighted by Crippen LogP contribution is -1.78. The fraction of sp³-hybridized carbons (Fsp3) is 0.